The van der Waals surface area contributed by atoms with Crippen LogP contribution in [0, 0.1) is 0 Å². The van der Waals surface area contributed by atoms with Gasteiger partial charge < -0.3 is 10.6 Å². The first-order valence-corrected chi connectivity index (χ1v) is 6.09. The molecule has 0 aliphatic carbocycles. The maximum absolute atomic E-state index is 12.0. The molecule has 0 radical (unpaired) electrons. The fourth-order valence-corrected chi connectivity index (χ4v) is 2.02. The first-order valence-electron chi connectivity index (χ1n) is 5.21. The molecular weight excluding hydrogens is 222 g/mol. The van der Waals surface area contributed by atoms with Crippen LogP contribution in [0.4, 0.5) is 0 Å². The van der Waals surface area contributed by atoms with E-state index in [-0.39, 0.29) is 11.9 Å². The lowest BCUT2D eigenvalue weighted by atomic mass is 10.3. The Bertz CT molecular complexity index is 373. The Morgan fingerprint density at radius 3 is 2.94 bits per heavy atom. The average Bonchev–Trinajstić information content (AvgIpc) is 2.74. The Balaban J connectivity index is 2.82. The van der Waals surface area contributed by atoms with E-state index in [0.717, 1.165) is 5.01 Å². The Labute approximate surface area is 99.8 Å². The SMILES string of the molecule is C=CCN(CC)C(=O)c1csc(C(C)N)n1. The van der Waals surface area contributed by atoms with Crippen LogP contribution in [0.3, 0.4) is 0 Å². The van der Waals surface area contributed by atoms with Crippen LogP contribution in [0.25, 0.3) is 0 Å². The van der Waals surface area contributed by atoms with E-state index in [0.29, 0.717) is 18.8 Å². The third-order valence-electron chi connectivity index (χ3n) is 2.15. The summed E-state index contributed by atoms with van der Waals surface area (Å²) in [4.78, 5) is 17.9. The number of thiazole rings is 1. The molecule has 1 heterocycles. The number of hydrogen-bond acceptors (Lipinski definition) is 4. The largest absolute Gasteiger partial charge is 0.334 e. The summed E-state index contributed by atoms with van der Waals surface area (Å²) in [6.45, 7) is 8.60. The van der Waals surface area contributed by atoms with Gasteiger partial charge in [0.1, 0.15) is 10.7 Å². The normalized spacial score (nSPS) is 12.2. The summed E-state index contributed by atoms with van der Waals surface area (Å²) in [7, 11) is 0. The minimum Gasteiger partial charge on any atom is -0.334 e. The van der Waals surface area contributed by atoms with Gasteiger partial charge in [0.05, 0.1) is 6.04 Å². The van der Waals surface area contributed by atoms with Crippen LogP contribution in [0.5, 0.6) is 0 Å². The third-order valence-corrected chi connectivity index (χ3v) is 3.19. The Morgan fingerprint density at radius 2 is 2.50 bits per heavy atom. The third kappa shape index (κ3) is 2.90. The minimum atomic E-state index is -0.124. The molecule has 0 aromatic carbocycles. The van der Waals surface area contributed by atoms with Crippen molar-refractivity contribution in [2.45, 2.75) is 19.9 Å². The standard InChI is InChI=1S/C11H17N3OS/c1-4-6-14(5-2)11(15)9-7-16-10(13-9)8(3)12/h4,7-8H,1,5-6,12H2,2-3H3. The summed E-state index contributed by atoms with van der Waals surface area (Å²) in [5, 5.41) is 2.55. The zero-order valence-corrected chi connectivity index (χ0v) is 10.5. The smallest absolute Gasteiger partial charge is 0.273 e. The van der Waals surface area contributed by atoms with E-state index in [9.17, 15) is 4.79 Å². The predicted molar refractivity (Wildman–Crippen MR) is 66.5 cm³/mol. The zero-order valence-electron chi connectivity index (χ0n) is 9.64. The summed E-state index contributed by atoms with van der Waals surface area (Å²) >= 11 is 1.42. The van der Waals surface area contributed by atoms with Gasteiger partial charge in [0.2, 0.25) is 0 Å². The van der Waals surface area contributed by atoms with Gasteiger partial charge in [-0.1, -0.05) is 6.08 Å². The summed E-state index contributed by atoms with van der Waals surface area (Å²) in [5.74, 6) is -0.0643. The molecule has 5 heteroatoms. The number of aromatic nitrogens is 1. The number of nitrogens with zero attached hydrogens (tertiary/aromatic N) is 2. The molecule has 0 aliphatic rings. The van der Waals surface area contributed by atoms with Crippen LogP contribution >= 0.6 is 11.3 Å². The van der Waals surface area contributed by atoms with Gasteiger partial charge in [-0.05, 0) is 13.8 Å². The number of rotatable bonds is 5. The van der Waals surface area contributed by atoms with Gasteiger partial charge in [-0.2, -0.15) is 0 Å². The van der Waals surface area contributed by atoms with E-state index in [2.05, 4.69) is 11.6 Å². The van der Waals surface area contributed by atoms with Crippen molar-refractivity contribution in [1.29, 1.82) is 0 Å². The van der Waals surface area contributed by atoms with Gasteiger partial charge >= 0.3 is 0 Å². The van der Waals surface area contributed by atoms with Crippen LogP contribution in [0.2, 0.25) is 0 Å². The van der Waals surface area contributed by atoms with Crippen molar-refractivity contribution < 1.29 is 4.79 Å². The quantitative estimate of drug-likeness (QED) is 0.797. The summed E-state index contributed by atoms with van der Waals surface area (Å²) in [5.41, 5.74) is 6.17. The summed E-state index contributed by atoms with van der Waals surface area (Å²) < 4.78 is 0. The van der Waals surface area contributed by atoms with Crippen LogP contribution < -0.4 is 5.73 Å². The van der Waals surface area contributed by atoms with Crippen molar-refractivity contribution >= 4 is 17.2 Å². The minimum absolute atomic E-state index is 0.0643. The van der Waals surface area contributed by atoms with Gasteiger partial charge in [-0.3, -0.25) is 4.79 Å². The van der Waals surface area contributed by atoms with Crippen LogP contribution in [0.15, 0.2) is 18.0 Å². The van der Waals surface area contributed by atoms with Crippen molar-refractivity contribution in [2.75, 3.05) is 13.1 Å². The average molecular weight is 239 g/mol. The number of nitrogens with two attached hydrogens (primary N) is 1. The topological polar surface area (TPSA) is 59.2 Å². The van der Waals surface area contributed by atoms with E-state index < -0.39 is 0 Å². The van der Waals surface area contributed by atoms with Crippen LogP contribution in [-0.2, 0) is 0 Å². The maximum atomic E-state index is 12.0. The van der Waals surface area contributed by atoms with Crippen molar-refractivity contribution in [3.05, 3.63) is 28.7 Å². The highest BCUT2D eigenvalue weighted by atomic mass is 32.1. The first-order chi connectivity index (χ1) is 7.60. The Kier molecular flexibility index (Phi) is 4.64. The number of carbonyl (C=O) groups is 1. The van der Waals surface area contributed by atoms with Gasteiger partial charge in [-0.25, -0.2) is 4.98 Å². The summed E-state index contributed by atoms with van der Waals surface area (Å²) in [6.07, 6.45) is 1.71. The highest BCUT2D eigenvalue weighted by Gasteiger charge is 2.17. The molecule has 16 heavy (non-hydrogen) atoms. The predicted octanol–water partition coefficient (Wildman–Crippen LogP) is 1.81. The molecule has 1 amide bonds. The number of carbonyl (C=O) groups excluding carboxylic acids is 1. The number of amides is 1. The molecule has 2 N–H and O–H groups in total. The monoisotopic (exact) mass is 239 g/mol. The molecule has 0 spiro atoms. The molecule has 1 atom stereocenters. The number of likely N-dealkylation sites (N-methyl/N-ethyl adjacent to an activating group) is 1. The van der Waals surface area contributed by atoms with E-state index in [4.69, 9.17) is 5.73 Å². The maximum Gasteiger partial charge on any atom is 0.273 e. The second-order valence-corrected chi connectivity index (χ2v) is 4.38. The van der Waals surface area contributed by atoms with E-state index in [1.54, 1.807) is 16.4 Å². The van der Waals surface area contributed by atoms with Crippen LogP contribution in [-0.4, -0.2) is 28.9 Å². The highest BCUT2D eigenvalue weighted by Crippen LogP contribution is 2.16. The zero-order chi connectivity index (χ0) is 12.1. The molecule has 1 unspecified atom stereocenters. The van der Waals surface area contributed by atoms with E-state index >= 15 is 0 Å². The van der Waals surface area contributed by atoms with Gasteiger partial charge in [0, 0.05) is 18.5 Å². The van der Waals surface area contributed by atoms with Crippen LogP contribution in [0.1, 0.15) is 35.4 Å². The van der Waals surface area contributed by atoms with Crippen molar-refractivity contribution in [1.82, 2.24) is 9.88 Å². The van der Waals surface area contributed by atoms with E-state index in [1.165, 1.54) is 11.3 Å². The molecule has 0 bridgehead atoms. The Morgan fingerprint density at radius 1 is 1.81 bits per heavy atom. The van der Waals surface area contributed by atoms with E-state index in [1.807, 2.05) is 13.8 Å². The lowest BCUT2D eigenvalue weighted by Gasteiger charge is -2.17. The number of hydrogen-bond donors (Lipinski definition) is 1. The van der Waals surface area contributed by atoms with Gasteiger partial charge in [0.25, 0.3) is 5.91 Å². The molecular formula is C11H17N3OS. The molecule has 4 nitrogen and oxygen atoms in total. The van der Waals surface area contributed by atoms with Crippen molar-refractivity contribution in [3.8, 4) is 0 Å². The second-order valence-electron chi connectivity index (χ2n) is 3.49. The lowest BCUT2D eigenvalue weighted by Crippen LogP contribution is -2.31. The molecule has 0 aliphatic heterocycles. The molecule has 0 saturated heterocycles. The lowest BCUT2D eigenvalue weighted by molar-refractivity contribution is 0.0777. The molecule has 1 rings (SSSR count). The highest BCUT2D eigenvalue weighted by molar-refractivity contribution is 7.09. The van der Waals surface area contributed by atoms with Gasteiger partial charge in [0.15, 0.2) is 0 Å². The first kappa shape index (κ1) is 12.9. The van der Waals surface area contributed by atoms with Crippen molar-refractivity contribution in [2.24, 2.45) is 5.73 Å². The summed E-state index contributed by atoms with van der Waals surface area (Å²) in [6, 6.07) is -0.124. The second kappa shape index (κ2) is 5.77. The van der Waals surface area contributed by atoms with Gasteiger partial charge in [-0.15, -0.1) is 17.9 Å². The fraction of sp³-hybridized carbons (Fsp3) is 0.455. The Hall–Kier alpha value is -1.20. The molecule has 0 saturated carbocycles. The molecule has 1 aromatic heterocycles. The van der Waals surface area contributed by atoms with Crippen molar-refractivity contribution in [3.63, 3.8) is 0 Å². The molecule has 1 aromatic rings. The fourth-order valence-electron chi connectivity index (χ4n) is 1.27. The molecule has 0 fully saturated rings. The molecule has 88 valence electrons.